The van der Waals surface area contributed by atoms with Crippen LogP contribution in [0.2, 0.25) is 5.02 Å². The Hall–Kier alpha value is -2.53. The number of halogens is 1. The number of primary amides is 1. The largest absolute Gasteiger partial charge is 0.478 e. The summed E-state index contributed by atoms with van der Waals surface area (Å²) in [7, 11) is 0. The van der Waals surface area contributed by atoms with Gasteiger partial charge in [-0.3, -0.25) is 4.79 Å². The van der Waals surface area contributed by atoms with Crippen LogP contribution in [0.4, 0.5) is 11.4 Å². The van der Waals surface area contributed by atoms with Crippen molar-refractivity contribution >= 4 is 34.9 Å². The number of anilines is 2. The molecule has 0 bridgehead atoms. The molecule has 20 heavy (non-hydrogen) atoms. The van der Waals surface area contributed by atoms with Gasteiger partial charge in [-0.1, -0.05) is 17.7 Å². The van der Waals surface area contributed by atoms with Gasteiger partial charge < -0.3 is 16.2 Å². The molecule has 0 aliphatic rings. The van der Waals surface area contributed by atoms with Crippen molar-refractivity contribution in [1.29, 1.82) is 0 Å². The van der Waals surface area contributed by atoms with Crippen LogP contribution in [0.15, 0.2) is 42.5 Å². The van der Waals surface area contributed by atoms with E-state index in [0.717, 1.165) is 0 Å². The van der Waals surface area contributed by atoms with Gasteiger partial charge in [-0.05, 0) is 36.4 Å². The second-order valence-electron chi connectivity index (χ2n) is 4.07. The Balaban J connectivity index is 2.28. The zero-order valence-corrected chi connectivity index (χ0v) is 11.0. The van der Waals surface area contributed by atoms with Crippen LogP contribution in [-0.4, -0.2) is 17.0 Å². The second kappa shape index (κ2) is 5.63. The highest BCUT2D eigenvalue weighted by molar-refractivity contribution is 6.33. The Kier molecular flexibility index (Phi) is 3.91. The Morgan fingerprint density at radius 1 is 1.10 bits per heavy atom. The predicted molar refractivity (Wildman–Crippen MR) is 76.7 cm³/mol. The van der Waals surface area contributed by atoms with Crippen LogP contribution >= 0.6 is 11.6 Å². The number of benzene rings is 2. The maximum atomic E-state index is 11.0. The van der Waals surface area contributed by atoms with Crippen LogP contribution in [0.1, 0.15) is 20.7 Å². The van der Waals surface area contributed by atoms with E-state index in [9.17, 15) is 9.59 Å². The lowest BCUT2D eigenvalue weighted by Crippen LogP contribution is -2.10. The first-order valence-corrected chi connectivity index (χ1v) is 6.05. The van der Waals surface area contributed by atoms with Crippen molar-refractivity contribution in [3.8, 4) is 0 Å². The summed E-state index contributed by atoms with van der Waals surface area (Å²) in [5.41, 5.74) is 6.76. The van der Waals surface area contributed by atoms with Crippen LogP contribution in [-0.2, 0) is 0 Å². The first-order chi connectivity index (χ1) is 9.47. The summed E-state index contributed by atoms with van der Waals surface area (Å²) in [5.74, 6) is -1.57. The molecular weight excluding hydrogens is 280 g/mol. The average molecular weight is 291 g/mol. The van der Waals surface area contributed by atoms with Gasteiger partial charge in [0, 0.05) is 11.3 Å². The molecule has 0 aliphatic carbocycles. The number of nitrogens with one attached hydrogen (secondary N) is 1. The van der Waals surface area contributed by atoms with E-state index in [4.69, 9.17) is 22.4 Å². The Morgan fingerprint density at radius 3 is 2.45 bits per heavy atom. The molecule has 0 unspecified atom stereocenters. The van der Waals surface area contributed by atoms with Crippen molar-refractivity contribution in [3.63, 3.8) is 0 Å². The van der Waals surface area contributed by atoms with Crippen molar-refractivity contribution in [2.45, 2.75) is 0 Å². The predicted octanol–water partition coefficient (Wildman–Crippen LogP) is 2.88. The summed E-state index contributed by atoms with van der Waals surface area (Å²) in [4.78, 5) is 21.9. The Bertz CT molecular complexity index is 686. The standard InChI is InChI=1S/C14H11ClN2O3/c15-11-7-8(13(16)18)4-5-12(11)17-10-3-1-2-9(6-10)14(19)20/h1-7,17H,(H2,16,18)(H,19,20). The third-order valence-electron chi connectivity index (χ3n) is 2.64. The molecule has 2 rings (SSSR count). The SMILES string of the molecule is NC(=O)c1ccc(Nc2cccc(C(=O)O)c2)c(Cl)c1. The van der Waals surface area contributed by atoms with E-state index < -0.39 is 11.9 Å². The van der Waals surface area contributed by atoms with Gasteiger partial charge in [0.15, 0.2) is 0 Å². The molecule has 1 amide bonds. The molecule has 0 aliphatic heterocycles. The summed E-state index contributed by atoms with van der Waals surface area (Å²) in [6, 6.07) is 10.9. The molecule has 102 valence electrons. The zero-order valence-electron chi connectivity index (χ0n) is 10.3. The summed E-state index contributed by atoms with van der Waals surface area (Å²) in [6.07, 6.45) is 0. The molecule has 0 saturated carbocycles. The van der Waals surface area contributed by atoms with Gasteiger partial charge in [0.1, 0.15) is 0 Å². The van der Waals surface area contributed by atoms with E-state index in [-0.39, 0.29) is 5.56 Å². The first-order valence-electron chi connectivity index (χ1n) is 5.67. The molecular formula is C14H11ClN2O3. The number of aromatic carboxylic acids is 1. The molecule has 6 heteroatoms. The molecule has 0 atom stereocenters. The van der Waals surface area contributed by atoms with Crippen LogP contribution in [0, 0.1) is 0 Å². The number of nitrogens with two attached hydrogens (primary N) is 1. The summed E-state index contributed by atoms with van der Waals surface area (Å²) < 4.78 is 0. The zero-order chi connectivity index (χ0) is 14.7. The van der Waals surface area contributed by atoms with Gasteiger partial charge >= 0.3 is 5.97 Å². The highest BCUT2D eigenvalue weighted by atomic mass is 35.5. The van der Waals surface area contributed by atoms with Gasteiger partial charge in [-0.15, -0.1) is 0 Å². The molecule has 0 aromatic heterocycles. The fraction of sp³-hybridized carbons (Fsp3) is 0. The molecule has 2 aromatic carbocycles. The minimum absolute atomic E-state index is 0.167. The molecule has 0 spiro atoms. The maximum Gasteiger partial charge on any atom is 0.335 e. The highest BCUT2D eigenvalue weighted by Crippen LogP contribution is 2.26. The van der Waals surface area contributed by atoms with E-state index in [1.807, 2.05) is 0 Å². The van der Waals surface area contributed by atoms with Crippen molar-refractivity contribution in [2.24, 2.45) is 5.73 Å². The average Bonchev–Trinajstić information content (AvgIpc) is 2.41. The summed E-state index contributed by atoms with van der Waals surface area (Å²) in [5, 5.41) is 12.2. The van der Waals surface area contributed by atoms with Crippen molar-refractivity contribution < 1.29 is 14.7 Å². The lowest BCUT2D eigenvalue weighted by Gasteiger charge is -2.09. The first kappa shape index (κ1) is 13.9. The number of amides is 1. The highest BCUT2D eigenvalue weighted by Gasteiger charge is 2.07. The normalized spacial score (nSPS) is 10.1. The third kappa shape index (κ3) is 3.07. The van der Waals surface area contributed by atoms with Gasteiger partial charge in [0.05, 0.1) is 16.3 Å². The van der Waals surface area contributed by atoms with Gasteiger partial charge in [-0.2, -0.15) is 0 Å². The van der Waals surface area contributed by atoms with Crippen LogP contribution in [0.25, 0.3) is 0 Å². The summed E-state index contributed by atoms with van der Waals surface area (Å²) in [6.45, 7) is 0. The second-order valence-corrected chi connectivity index (χ2v) is 4.48. The van der Waals surface area contributed by atoms with E-state index in [0.29, 0.717) is 22.0 Å². The fourth-order valence-corrected chi connectivity index (χ4v) is 1.88. The van der Waals surface area contributed by atoms with Crippen molar-refractivity contribution in [3.05, 3.63) is 58.6 Å². The number of hydrogen-bond acceptors (Lipinski definition) is 3. The van der Waals surface area contributed by atoms with E-state index in [1.54, 1.807) is 18.2 Å². The number of hydrogen-bond donors (Lipinski definition) is 3. The monoisotopic (exact) mass is 290 g/mol. The fourth-order valence-electron chi connectivity index (χ4n) is 1.66. The van der Waals surface area contributed by atoms with Crippen LogP contribution in [0.5, 0.6) is 0 Å². The Labute approximate surface area is 120 Å². The summed E-state index contributed by atoms with van der Waals surface area (Å²) >= 11 is 6.04. The van der Waals surface area contributed by atoms with Gasteiger partial charge in [0.2, 0.25) is 5.91 Å². The molecule has 0 heterocycles. The molecule has 0 saturated heterocycles. The quantitative estimate of drug-likeness (QED) is 0.807. The van der Waals surface area contributed by atoms with Crippen LogP contribution in [0.3, 0.4) is 0 Å². The number of carboxylic acids is 1. The molecule has 4 N–H and O–H groups in total. The number of carbonyl (C=O) groups is 2. The molecule has 5 nitrogen and oxygen atoms in total. The number of carboxylic acid groups (broad SMARTS) is 1. The molecule has 0 fully saturated rings. The van der Waals surface area contributed by atoms with Crippen LogP contribution < -0.4 is 11.1 Å². The maximum absolute atomic E-state index is 11.0. The topological polar surface area (TPSA) is 92.4 Å². The minimum Gasteiger partial charge on any atom is -0.478 e. The minimum atomic E-state index is -1.01. The van der Waals surface area contributed by atoms with Crippen molar-refractivity contribution in [2.75, 3.05) is 5.32 Å². The number of carbonyl (C=O) groups excluding carboxylic acids is 1. The van der Waals surface area contributed by atoms with E-state index in [1.165, 1.54) is 24.3 Å². The lowest BCUT2D eigenvalue weighted by molar-refractivity contribution is 0.0696. The van der Waals surface area contributed by atoms with Crippen molar-refractivity contribution in [1.82, 2.24) is 0 Å². The van der Waals surface area contributed by atoms with E-state index in [2.05, 4.69) is 5.32 Å². The number of rotatable bonds is 4. The third-order valence-corrected chi connectivity index (χ3v) is 2.95. The lowest BCUT2D eigenvalue weighted by atomic mass is 10.1. The molecule has 0 radical (unpaired) electrons. The Morgan fingerprint density at radius 2 is 1.85 bits per heavy atom. The smallest absolute Gasteiger partial charge is 0.335 e. The van der Waals surface area contributed by atoms with Gasteiger partial charge in [0.25, 0.3) is 0 Å². The molecule has 2 aromatic rings. The van der Waals surface area contributed by atoms with E-state index >= 15 is 0 Å². The van der Waals surface area contributed by atoms with Gasteiger partial charge in [-0.25, -0.2) is 4.79 Å².